The molecule has 0 radical (unpaired) electrons. The largest absolute Gasteiger partial charge is 0.504 e. The summed E-state index contributed by atoms with van der Waals surface area (Å²) in [4.78, 5) is 0. The molecule has 0 bridgehead atoms. The first kappa shape index (κ1) is 14.1. The van der Waals surface area contributed by atoms with Gasteiger partial charge in [0.15, 0.2) is 11.5 Å². The number of fused-ring (bicyclic) bond motifs is 3. The molecular weight excluding hydrogens is 293 g/mol. The van der Waals surface area contributed by atoms with E-state index in [2.05, 4.69) is 17.5 Å². The molecule has 1 aliphatic carbocycles. The molecule has 0 saturated heterocycles. The number of benzene rings is 2. The fraction of sp³-hybridized carbons (Fsp3) is 0.263. The van der Waals surface area contributed by atoms with Crippen LogP contribution < -0.4 is 10.1 Å². The second-order valence-corrected chi connectivity index (χ2v) is 6.14. The zero-order valence-electron chi connectivity index (χ0n) is 12.8. The van der Waals surface area contributed by atoms with E-state index in [-0.39, 0.29) is 23.5 Å². The van der Waals surface area contributed by atoms with Crippen LogP contribution >= 0.6 is 0 Å². The number of phenolic OH excluding ortho intramolecular Hbond substituents is 1. The van der Waals surface area contributed by atoms with Crippen molar-refractivity contribution in [3.05, 3.63) is 65.5 Å². The van der Waals surface area contributed by atoms with Crippen LogP contribution in [0.3, 0.4) is 0 Å². The smallest absolute Gasteiger partial charge is 0.160 e. The van der Waals surface area contributed by atoms with Crippen LogP contribution in [0.1, 0.15) is 29.5 Å². The molecule has 3 atom stereocenters. The molecule has 4 rings (SSSR count). The summed E-state index contributed by atoms with van der Waals surface area (Å²) in [5, 5.41) is 13.6. The molecule has 0 amide bonds. The Bertz CT molecular complexity index is 787. The minimum Gasteiger partial charge on any atom is -0.504 e. The van der Waals surface area contributed by atoms with Gasteiger partial charge in [-0.25, -0.2) is 4.39 Å². The van der Waals surface area contributed by atoms with Crippen LogP contribution in [0.25, 0.3) is 0 Å². The fourth-order valence-corrected chi connectivity index (χ4v) is 3.80. The summed E-state index contributed by atoms with van der Waals surface area (Å²) in [5.41, 5.74) is 2.98. The first-order valence-corrected chi connectivity index (χ1v) is 7.77. The van der Waals surface area contributed by atoms with Crippen molar-refractivity contribution in [3.63, 3.8) is 0 Å². The van der Waals surface area contributed by atoms with E-state index in [1.165, 1.54) is 13.2 Å². The Morgan fingerprint density at radius 1 is 1.22 bits per heavy atom. The van der Waals surface area contributed by atoms with E-state index in [9.17, 15) is 9.50 Å². The zero-order valence-corrected chi connectivity index (χ0v) is 12.8. The Morgan fingerprint density at radius 2 is 2.09 bits per heavy atom. The van der Waals surface area contributed by atoms with Crippen LogP contribution in [0.4, 0.5) is 10.1 Å². The Hall–Kier alpha value is -2.49. The Morgan fingerprint density at radius 3 is 2.87 bits per heavy atom. The Balaban J connectivity index is 1.76. The van der Waals surface area contributed by atoms with Crippen molar-refractivity contribution in [2.75, 3.05) is 12.4 Å². The third-order valence-corrected chi connectivity index (χ3v) is 4.89. The van der Waals surface area contributed by atoms with Crippen LogP contribution in [0.2, 0.25) is 0 Å². The first-order chi connectivity index (χ1) is 11.2. The number of allylic oxidation sites excluding steroid dienone is 2. The average molecular weight is 311 g/mol. The molecule has 3 unspecified atom stereocenters. The SMILES string of the molecule is COc1ccc(C2Nc3ccc(F)cc3C3C=CCC32)cc1O. The minimum absolute atomic E-state index is 0.0739. The van der Waals surface area contributed by atoms with E-state index >= 15 is 0 Å². The maximum atomic E-state index is 13.6. The van der Waals surface area contributed by atoms with Gasteiger partial charge in [0.05, 0.1) is 13.2 Å². The lowest BCUT2D eigenvalue weighted by atomic mass is 9.77. The number of hydrogen-bond donors (Lipinski definition) is 2. The van der Waals surface area contributed by atoms with E-state index in [4.69, 9.17) is 4.74 Å². The number of ether oxygens (including phenoxy) is 1. The third-order valence-electron chi connectivity index (χ3n) is 4.89. The monoisotopic (exact) mass is 311 g/mol. The predicted octanol–water partition coefficient (Wildman–Crippen LogP) is 4.37. The highest BCUT2D eigenvalue weighted by atomic mass is 19.1. The van der Waals surface area contributed by atoms with E-state index in [0.29, 0.717) is 11.7 Å². The lowest BCUT2D eigenvalue weighted by molar-refractivity contribution is 0.370. The molecular formula is C19H18FNO2. The molecule has 0 saturated carbocycles. The van der Waals surface area contributed by atoms with Gasteiger partial charge in [-0.1, -0.05) is 18.2 Å². The predicted molar refractivity (Wildman–Crippen MR) is 87.4 cm³/mol. The molecule has 3 nitrogen and oxygen atoms in total. The summed E-state index contributed by atoms with van der Waals surface area (Å²) in [6, 6.07) is 10.5. The number of nitrogens with one attached hydrogen (secondary N) is 1. The van der Waals surface area contributed by atoms with Gasteiger partial charge in [0, 0.05) is 11.6 Å². The summed E-state index contributed by atoms with van der Waals surface area (Å²) < 4.78 is 18.7. The molecule has 2 N–H and O–H groups in total. The number of aromatic hydroxyl groups is 1. The van der Waals surface area contributed by atoms with Crippen LogP contribution in [0.5, 0.6) is 11.5 Å². The number of phenols is 1. The lowest BCUT2D eigenvalue weighted by Crippen LogP contribution is -2.29. The summed E-state index contributed by atoms with van der Waals surface area (Å²) in [7, 11) is 1.54. The van der Waals surface area contributed by atoms with E-state index in [1.54, 1.807) is 24.3 Å². The van der Waals surface area contributed by atoms with Crippen molar-refractivity contribution in [1.82, 2.24) is 0 Å². The highest BCUT2D eigenvalue weighted by molar-refractivity contribution is 5.60. The van der Waals surface area contributed by atoms with Gasteiger partial charge in [-0.05, 0) is 53.8 Å². The lowest BCUT2D eigenvalue weighted by Gasteiger charge is -2.37. The van der Waals surface area contributed by atoms with Crippen LogP contribution in [-0.2, 0) is 0 Å². The molecule has 2 aromatic rings. The molecule has 1 aliphatic heterocycles. The van der Waals surface area contributed by atoms with Crippen LogP contribution in [0.15, 0.2) is 48.6 Å². The normalized spacial score (nSPS) is 24.7. The molecule has 0 spiro atoms. The van der Waals surface area contributed by atoms with Gasteiger partial charge in [0.1, 0.15) is 5.82 Å². The average Bonchev–Trinajstić information content (AvgIpc) is 3.04. The summed E-state index contributed by atoms with van der Waals surface area (Å²) in [5.74, 6) is 0.922. The molecule has 1 heterocycles. The third kappa shape index (κ3) is 2.25. The summed E-state index contributed by atoms with van der Waals surface area (Å²) in [6.07, 6.45) is 5.26. The minimum atomic E-state index is -0.204. The maximum absolute atomic E-state index is 13.6. The number of halogens is 1. The van der Waals surface area contributed by atoms with Crippen molar-refractivity contribution < 1.29 is 14.2 Å². The van der Waals surface area contributed by atoms with Crippen molar-refractivity contribution in [2.24, 2.45) is 5.92 Å². The molecule has 2 aromatic carbocycles. The number of hydrogen-bond acceptors (Lipinski definition) is 3. The van der Waals surface area contributed by atoms with Gasteiger partial charge >= 0.3 is 0 Å². The zero-order chi connectivity index (χ0) is 16.0. The van der Waals surface area contributed by atoms with E-state index in [1.807, 2.05) is 6.07 Å². The standard InChI is InChI=1S/C19H18FNO2/c1-23-18-8-5-11(9-17(18)22)19-14-4-2-3-13(14)15-10-12(20)6-7-16(15)21-19/h2-3,5-10,13-14,19,21-22H,4H2,1H3. The van der Waals surface area contributed by atoms with Crippen molar-refractivity contribution in [1.29, 1.82) is 0 Å². The van der Waals surface area contributed by atoms with Gasteiger partial charge in [-0.2, -0.15) is 0 Å². The van der Waals surface area contributed by atoms with Gasteiger partial charge in [0.2, 0.25) is 0 Å². The van der Waals surface area contributed by atoms with E-state index in [0.717, 1.165) is 23.2 Å². The Labute approximate surface area is 134 Å². The topological polar surface area (TPSA) is 41.5 Å². The quantitative estimate of drug-likeness (QED) is 0.809. The van der Waals surface area contributed by atoms with Crippen LogP contribution in [0, 0.1) is 11.7 Å². The first-order valence-electron chi connectivity index (χ1n) is 7.77. The summed E-state index contributed by atoms with van der Waals surface area (Å²) in [6.45, 7) is 0. The van der Waals surface area contributed by atoms with Gasteiger partial charge in [-0.3, -0.25) is 0 Å². The second-order valence-electron chi connectivity index (χ2n) is 6.14. The molecule has 23 heavy (non-hydrogen) atoms. The molecule has 4 heteroatoms. The molecule has 2 aliphatic rings. The van der Waals surface area contributed by atoms with Gasteiger partial charge < -0.3 is 15.2 Å². The maximum Gasteiger partial charge on any atom is 0.160 e. The molecule has 118 valence electrons. The number of methoxy groups -OCH3 is 1. The number of rotatable bonds is 2. The fourth-order valence-electron chi connectivity index (χ4n) is 3.80. The molecule has 0 aromatic heterocycles. The van der Waals surface area contributed by atoms with Gasteiger partial charge in [-0.15, -0.1) is 0 Å². The molecule has 0 fully saturated rings. The van der Waals surface area contributed by atoms with E-state index < -0.39 is 0 Å². The van der Waals surface area contributed by atoms with Crippen molar-refractivity contribution in [2.45, 2.75) is 18.4 Å². The van der Waals surface area contributed by atoms with Crippen molar-refractivity contribution in [3.8, 4) is 11.5 Å². The highest BCUT2D eigenvalue weighted by Crippen LogP contribution is 2.50. The van der Waals surface area contributed by atoms with Crippen molar-refractivity contribution >= 4 is 5.69 Å². The number of anilines is 1. The van der Waals surface area contributed by atoms with Crippen LogP contribution in [-0.4, -0.2) is 12.2 Å². The highest BCUT2D eigenvalue weighted by Gasteiger charge is 2.38. The Kier molecular flexibility index (Phi) is 3.26. The second kappa shape index (κ2) is 5.30. The summed E-state index contributed by atoms with van der Waals surface area (Å²) >= 11 is 0. The van der Waals surface area contributed by atoms with Gasteiger partial charge in [0.25, 0.3) is 0 Å².